The van der Waals surface area contributed by atoms with Gasteiger partial charge in [-0.1, -0.05) is 0 Å². The molecule has 0 saturated heterocycles. The van der Waals surface area contributed by atoms with Crippen molar-refractivity contribution in [3.63, 3.8) is 0 Å². The van der Waals surface area contributed by atoms with E-state index in [0.717, 1.165) is 0 Å². The second-order valence-corrected chi connectivity index (χ2v) is 0. The molecule has 4 heavy (non-hydrogen) atoms. The Morgan fingerprint density at radius 2 is 0.500 bits per heavy atom. The summed E-state index contributed by atoms with van der Waals surface area (Å²) in [6.45, 7) is 0. The molecular formula is H3HoO3. The van der Waals surface area contributed by atoms with E-state index in [9.17, 15) is 0 Å². The van der Waals surface area contributed by atoms with Gasteiger partial charge in [-0.3, -0.25) is 0 Å². The van der Waals surface area contributed by atoms with Crippen LogP contribution in [0.5, 0.6) is 0 Å². The smallest absolute Gasteiger partial charge is 0.870 e. The first-order valence-corrected chi connectivity index (χ1v) is 0. The minimum absolute atomic E-state index is 0. The molecule has 0 fully saturated rings. The molecule has 3 nitrogen and oxygen atoms in total. The molecule has 0 aliphatic heterocycles. The quantitative estimate of drug-likeness (QED) is 0.510. The summed E-state index contributed by atoms with van der Waals surface area (Å²) >= 11 is 0. The van der Waals surface area contributed by atoms with Gasteiger partial charge in [0.2, 0.25) is 0 Å². The molecule has 0 aliphatic rings. The van der Waals surface area contributed by atoms with Crippen LogP contribution in [0.15, 0.2) is 0 Å². The molecule has 0 aromatic rings. The third-order valence-electron chi connectivity index (χ3n) is 0. The van der Waals surface area contributed by atoms with Crippen molar-refractivity contribution < 1.29 is 54.2 Å². The zero-order valence-corrected chi connectivity index (χ0v) is 3.58. The molecule has 4 heteroatoms. The van der Waals surface area contributed by atoms with Gasteiger partial charge >= 0.3 is 37.7 Å². The van der Waals surface area contributed by atoms with Crippen LogP contribution in [0.4, 0.5) is 0 Å². The average Bonchev–Trinajstić information content (AvgIpc) is 0. The molecule has 0 heterocycles. The maximum Gasteiger partial charge on any atom is 3.00 e. The van der Waals surface area contributed by atoms with Crippen LogP contribution in [0, 0.1) is 37.7 Å². The zero-order chi connectivity index (χ0) is 0. The zero-order valence-electron chi connectivity index (χ0n) is 1.64. The maximum atomic E-state index is 0. The van der Waals surface area contributed by atoms with Crippen LogP contribution < -0.4 is 0 Å². The second-order valence-electron chi connectivity index (χ2n) is 0. The van der Waals surface area contributed by atoms with Gasteiger partial charge in [-0.05, 0) is 0 Å². The topological polar surface area (TPSA) is 90.0 Å². The minimum Gasteiger partial charge on any atom is -0.870 e. The van der Waals surface area contributed by atoms with E-state index in [1.807, 2.05) is 0 Å². The molecule has 0 aromatic carbocycles. The van der Waals surface area contributed by atoms with Gasteiger partial charge in [0.05, 0.1) is 0 Å². The monoisotopic (exact) mass is 217 g/mol. The van der Waals surface area contributed by atoms with E-state index in [2.05, 4.69) is 0 Å². The van der Waals surface area contributed by atoms with Crippen molar-refractivity contribution in [3.05, 3.63) is 0 Å². The van der Waals surface area contributed by atoms with Crippen LogP contribution in [0.25, 0.3) is 0 Å². The third-order valence-corrected chi connectivity index (χ3v) is 0. The minimum atomic E-state index is 0. The van der Waals surface area contributed by atoms with Gasteiger partial charge in [0.15, 0.2) is 0 Å². The number of rotatable bonds is 0. The van der Waals surface area contributed by atoms with Crippen molar-refractivity contribution in [1.82, 2.24) is 0 Å². The third kappa shape index (κ3) is 11.1. The predicted molar refractivity (Wildman–Crippen MR) is 5.81 cm³/mol. The molecule has 0 spiro atoms. The maximum absolute atomic E-state index is 0. The van der Waals surface area contributed by atoms with E-state index in [0.29, 0.717) is 0 Å². The van der Waals surface area contributed by atoms with E-state index < -0.39 is 0 Å². The molecular weight excluding hydrogens is 214 g/mol. The molecule has 0 aliphatic carbocycles. The standard InChI is InChI=1S/Ho.3H2O/h;3*1H2/q+3;;;/p-3/i1+1;;;. The summed E-state index contributed by atoms with van der Waals surface area (Å²) in [7, 11) is 0. The summed E-state index contributed by atoms with van der Waals surface area (Å²) in [4.78, 5) is 0. The molecule has 0 atom stereocenters. The van der Waals surface area contributed by atoms with Crippen LogP contribution in [0.1, 0.15) is 0 Å². The fraction of sp³-hybridized carbons (Fsp3) is 0. The fourth-order valence-electron chi connectivity index (χ4n) is 0. The Hall–Kier alpha value is 1.14. The average molecular weight is 217 g/mol. The van der Waals surface area contributed by atoms with E-state index in [1.54, 1.807) is 0 Å². The Balaban J connectivity index is 0. The van der Waals surface area contributed by atoms with Crippen LogP contribution >= 0.6 is 0 Å². The summed E-state index contributed by atoms with van der Waals surface area (Å²) in [6, 6.07) is 0. The molecule has 0 amide bonds. The number of hydrogen-bond donors (Lipinski definition) is 0. The molecule has 0 unspecified atom stereocenters. The Labute approximate surface area is 53.9 Å². The van der Waals surface area contributed by atoms with E-state index >= 15 is 0 Å². The van der Waals surface area contributed by atoms with Gasteiger partial charge in [-0.25, -0.2) is 0 Å². The van der Waals surface area contributed by atoms with Crippen molar-refractivity contribution in [2.45, 2.75) is 0 Å². The largest absolute Gasteiger partial charge is 3.00 e. The van der Waals surface area contributed by atoms with Gasteiger partial charge in [0.25, 0.3) is 0 Å². The Kier molecular flexibility index (Phi) is 533. The SMILES string of the molecule is [166Ho+3].[OH-].[OH-].[OH-]. The van der Waals surface area contributed by atoms with Crippen molar-refractivity contribution in [2.24, 2.45) is 0 Å². The van der Waals surface area contributed by atoms with Crippen LogP contribution in [-0.4, -0.2) is 16.4 Å². The Morgan fingerprint density at radius 3 is 0.500 bits per heavy atom. The number of hydrogen-bond acceptors (Lipinski definition) is 3. The molecule has 0 saturated carbocycles. The van der Waals surface area contributed by atoms with Gasteiger partial charge in [-0.15, -0.1) is 0 Å². The molecule has 0 radical (unpaired) electrons. The molecule has 0 aromatic heterocycles. The van der Waals surface area contributed by atoms with Gasteiger partial charge in [0.1, 0.15) is 0 Å². The van der Waals surface area contributed by atoms with E-state index in [-0.39, 0.29) is 54.2 Å². The van der Waals surface area contributed by atoms with Crippen molar-refractivity contribution in [3.8, 4) is 0 Å². The van der Waals surface area contributed by atoms with Gasteiger partial charge < -0.3 is 16.4 Å². The first-order valence-electron chi connectivity index (χ1n) is 0. The first-order chi connectivity index (χ1) is 0. The van der Waals surface area contributed by atoms with Crippen molar-refractivity contribution in [2.75, 3.05) is 0 Å². The van der Waals surface area contributed by atoms with Crippen LogP contribution in [-0.2, 0) is 0 Å². The van der Waals surface area contributed by atoms with Crippen molar-refractivity contribution in [1.29, 1.82) is 0 Å². The molecule has 3 N–H and O–H groups in total. The summed E-state index contributed by atoms with van der Waals surface area (Å²) < 4.78 is 0. The molecule has 32 valence electrons. The molecule has 0 rings (SSSR count). The van der Waals surface area contributed by atoms with Crippen molar-refractivity contribution >= 4 is 0 Å². The van der Waals surface area contributed by atoms with E-state index in [1.165, 1.54) is 0 Å². The first kappa shape index (κ1) is 67.8. The van der Waals surface area contributed by atoms with Gasteiger partial charge in [0, 0.05) is 0 Å². The normalized spacial score (nSPS) is 0. The fourth-order valence-corrected chi connectivity index (χ4v) is 0. The van der Waals surface area contributed by atoms with Crippen LogP contribution in [0.2, 0.25) is 0 Å². The Morgan fingerprint density at radius 1 is 0.500 bits per heavy atom. The summed E-state index contributed by atoms with van der Waals surface area (Å²) in [5, 5.41) is 0. The Bertz CT molecular complexity index is 3.25. The summed E-state index contributed by atoms with van der Waals surface area (Å²) in [6.07, 6.45) is 0. The van der Waals surface area contributed by atoms with Gasteiger partial charge in [-0.2, -0.15) is 0 Å². The predicted octanol–water partition coefficient (Wildman–Crippen LogP) is -0.530. The molecule has 0 bridgehead atoms. The summed E-state index contributed by atoms with van der Waals surface area (Å²) in [5.41, 5.74) is 0. The summed E-state index contributed by atoms with van der Waals surface area (Å²) in [5.74, 6) is 0. The van der Waals surface area contributed by atoms with E-state index in [4.69, 9.17) is 0 Å². The second kappa shape index (κ2) is 31.4. The van der Waals surface area contributed by atoms with Crippen LogP contribution in [0.3, 0.4) is 0 Å².